The summed E-state index contributed by atoms with van der Waals surface area (Å²) >= 11 is 3.70. The number of ether oxygens (including phenoxy) is 6. The van der Waals surface area contributed by atoms with E-state index < -0.39 is 108 Å². The fourth-order valence-electron chi connectivity index (χ4n) is 8.41. The van der Waals surface area contributed by atoms with Crippen LogP contribution < -0.4 is 0 Å². The van der Waals surface area contributed by atoms with E-state index in [1.54, 1.807) is 41.5 Å². The molecule has 3 aliphatic rings. The molecule has 0 aromatic rings. The Labute approximate surface area is 327 Å². The van der Waals surface area contributed by atoms with Crippen LogP contribution in [0.5, 0.6) is 0 Å². The zero-order chi connectivity index (χ0) is 41.7. The molecule has 0 aromatic carbocycles. The van der Waals surface area contributed by atoms with Gasteiger partial charge in [-0.1, -0.05) is 33.1 Å². The molecule has 3 aliphatic heterocycles. The number of methoxy groups -OCH3 is 1. The SMILES string of the molecule is CC[C@H]1OC(=O)[C@H](C)[C@H](O[C@H]2C[C@@](C)(OC)[C@@H](O)[C@H](C)O2)C(C)[C@H](O[C@@H]2O[C@H](C)C[C@H](N(C)C)[C@H]2O)[C@](C)(O)C[C@H](C)C(=O)C(C)[C@@H](O)[C@@]1(C)O.N#C[S-]. The summed E-state index contributed by atoms with van der Waals surface area (Å²) in [5, 5.41) is 66.1. The van der Waals surface area contributed by atoms with Gasteiger partial charge in [0.15, 0.2) is 12.6 Å². The van der Waals surface area contributed by atoms with E-state index in [-0.39, 0.29) is 31.4 Å². The number of Topliss-reactive ketones (excluding diaryl/α,β-unsaturated/α-hetero) is 1. The van der Waals surface area contributed by atoms with Gasteiger partial charge in [0.2, 0.25) is 0 Å². The quantitative estimate of drug-likeness (QED) is 0.141. The summed E-state index contributed by atoms with van der Waals surface area (Å²) in [6, 6.07) is -0.324. The zero-order valence-electron chi connectivity index (χ0n) is 34.3. The lowest BCUT2D eigenvalue weighted by Crippen LogP contribution is -2.61. The van der Waals surface area contributed by atoms with Crippen molar-refractivity contribution in [2.75, 3.05) is 21.2 Å². The third-order valence-corrected chi connectivity index (χ3v) is 11.8. The summed E-state index contributed by atoms with van der Waals surface area (Å²) in [4.78, 5) is 29.8. The number of esters is 1. The van der Waals surface area contributed by atoms with E-state index in [1.165, 1.54) is 33.3 Å². The number of carbonyl (C=O) groups excluding carboxylic acids is 2. The number of nitriles is 1. The number of cyclic esters (lactones) is 1. The predicted molar refractivity (Wildman–Crippen MR) is 199 cm³/mol. The first-order chi connectivity index (χ1) is 24.8. The molecular formula is C38H67N2O13S-. The predicted octanol–water partition coefficient (Wildman–Crippen LogP) is 1.80. The Morgan fingerprint density at radius 1 is 0.944 bits per heavy atom. The van der Waals surface area contributed by atoms with E-state index >= 15 is 0 Å². The lowest BCUT2D eigenvalue weighted by Gasteiger charge is -2.49. The average Bonchev–Trinajstić information content (AvgIpc) is 3.09. The normalized spacial score (nSPS) is 47.1. The third kappa shape index (κ3) is 11.1. The number of nitrogens with zero attached hydrogens (tertiary/aromatic N) is 2. The molecule has 15 nitrogen and oxygen atoms in total. The number of likely N-dealkylation sites (N-methyl/N-ethyl adjacent to an activating group) is 1. The van der Waals surface area contributed by atoms with E-state index in [0.29, 0.717) is 6.42 Å². The van der Waals surface area contributed by atoms with Gasteiger partial charge in [-0.3, -0.25) is 9.59 Å². The highest BCUT2D eigenvalue weighted by Crippen LogP contribution is 2.40. The van der Waals surface area contributed by atoms with Gasteiger partial charge in [0, 0.05) is 37.3 Å². The van der Waals surface area contributed by atoms with Crippen molar-refractivity contribution in [3.05, 3.63) is 0 Å². The van der Waals surface area contributed by atoms with Crippen molar-refractivity contribution in [2.24, 2.45) is 23.7 Å². The maximum Gasteiger partial charge on any atom is 0.311 e. The Balaban J connectivity index is 0.00000325. The molecule has 2 unspecified atom stereocenters. The first kappa shape index (κ1) is 48.6. The van der Waals surface area contributed by atoms with Crippen LogP contribution in [0.1, 0.15) is 94.9 Å². The van der Waals surface area contributed by atoms with Crippen molar-refractivity contribution in [3.63, 3.8) is 0 Å². The van der Waals surface area contributed by atoms with Crippen LogP contribution >= 0.6 is 0 Å². The van der Waals surface area contributed by atoms with Gasteiger partial charge in [-0.05, 0) is 74.9 Å². The van der Waals surface area contributed by atoms with Crippen LogP contribution in [0.4, 0.5) is 0 Å². The topological polar surface area (TPSA) is 218 Å². The molecule has 0 radical (unpaired) electrons. The first-order valence-corrected chi connectivity index (χ1v) is 19.3. The molecule has 3 fully saturated rings. The summed E-state index contributed by atoms with van der Waals surface area (Å²) in [6.07, 6.45) is -9.71. The van der Waals surface area contributed by atoms with Crippen molar-refractivity contribution in [3.8, 4) is 5.40 Å². The summed E-state index contributed by atoms with van der Waals surface area (Å²) < 4.78 is 37.1. The monoisotopic (exact) mass is 791 g/mol. The van der Waals surface area contributed by atoms with Gasteiger partial charge in [0.1, 0.15) is 29.7 Å². The minimum Gasteiger partial charge on any atom is -0.696 e. The number of hydrogen-bond donors (Lipinski definition) is 5. The Morgan fingerprint density at radius 2 is 1.52 bits per heavy atom. The maximum absolute atomic E-state index is 14.1. The molecule has 18 atom stereocenters. The highest BCUT2D eigenvalue weighted by Gasteiger charge is 2.53. The van der Waals surface area contributed by atoms with E-state index in [0.717, 1.165) is 0 Å². The number of aliphatic hydroxyl groups excluding tert-OH is 3. The molecule has 54 heavy (non-hydrogen) atoms. The van der Waals surface area contributed by atoms with Crippen LogP contribution in [0.3, 0.4) is 0 Å². The number of carbonyl (C=O) groups is 2. The number of aliphatic hydroxyl groups is 5. The van der Waals surface area contributed by atoms with Gasteiger partial charge in [-0.15, -0.1) is 0 Å². The fraction of sp³-hybridized carbons (Fsp3) is 0.921. The van der Waals surface area contributed by atoms with Gasteiger partial charge in [-0.2, -0.15) is 0 Å². The lowest BCUT2D eigenvalue weighted by molar-refractivity contribution is -0.318. The minimum atomic E-state index is -1.99. The third-order valence-electron chi connectivity index (χ3n) is 11.8. The van der Waals surface area contributed by atoms with Crippen LogP contribution in [0.15, 0.2) is 0 Å². The highest BCUT2D eigenvalue weighted by molar-refractivity contribution is 7.64. The number of ketones is 1. The van der Waals surface area contributed by atoms with Gasteiger partial charge >= 0.3 is 5.97 Å². The van der Waals surface area contributed by atoms with Crippen molar-refractivity contribution >= 4 is 24.4 Å². The minimum absolute atomic E-state index is 0.0936. The van der Waals surface area contributed by atoms with Crippen LogP contribution in [0, 0.1) is 34.3 Å². The van der Waals surface area contributed by atoms with Crippen molar-refractivity contribution < 1.29 is 63.5 Å². The van der Waals surface area contributed by atoms with Gasteiger partial charge in [0.05, 0.1) is 47.6 Å². The van der Waals surface area contributed by atoms with Gasteiger partial charge in [-0.25, -0.2) is 5.26 Å². The van der Waals surface area contributed by atoms with Crippen molar-refractivity contribution in [1.29, 1.82) is 5.26 Å². The molecular weight excluding hydrogens is 724 g/mol. The first-order valence-electron chi connectivity index (χ1n) is 18.9. The molecule has 0 amide bonds. The summed E-state index contributed by atoms with van der Waals surface area (Å²) in [6.45, 7) is 16.3. The molecule has 0 aromatic heterocycles. The molecule has 314 valence electrons. The van der Waals surface area contributed by atoms with Crippen molar-refractivity contribution in [2.45, 2.75) is 179 Å². The van der Waals surface area contributed by atoms with Gasteiger partial charge < -0.3 is 71.5 Å². The van der Waals surface area contributed by atoms with E-state index in [4.69, 9.17) is 33.7 Å². The maximum atomic E-state index is 14.1. The van der Waals surface area contributed by atoms with Gasteiger partial charge in [0.25, 0.3) is 0 Å². The molecule has 5 N–H and O–H groups in total. The van der Waals surface area contributed by atoms with Crippen LogP contribution in [0.2, 0.25) is 0 Å². The molecule has 16 heteroatoms. The van der Waals surface area contributed by atoms with Crippen molar-refractivity contribution in [1.82, 2.24) is 4.90 Å². The fourth-order valence-corrected chi connectivity index (χ4v) is 8.41. The summed E-state index contributed by atoms with van der Waals surface area (Å²) in [5.74, 6) is -4.98. The van der Waals surface area contributed by atoms with E-state index in [2.05, 4.69) is 12.6 Å². The lowest BCUT2D eigenvalue weighted by atomic mass is 9.74. The molecule has 0 saturated carbocycles. The number of hydrogen-bond acceptors (Lipinski definition) is 16. The van der Waals surface area contributed by atoms with Crippen LogP contribution in [0.25, 0.3) is 0 Å². The largest absolute Gasteiger partial charge is 0.696 e. The number of rotatable bonds is 7. The Hall–Kier alpha value is -1.59. The Bertz CT molecular complexity index is 1270. The smallest absolute Gasteiger partial charge is 0.311 e. The second-order valence-electron chi connectivity index (χ2n) is 16.6. The molecule has 3 rings (SSSR count). The van der Waals surface area contributed by atoms with E-state index in [1.807, 2.05) is 25.9 Å². The summed E-state index contributed by atoms with van der Waals surface area (Å²) in [7, 11) is 5.18. The average molecular weight is 792 g/mol. The second-order valence-corrected chi connectivity index (χ2v) is 16.7. The standard InChI is InChI=1S/C37H67NO13.CHNS/c1-14-25-37(10,45)30(41)20(4)27(39)18(2)16-35(8,44)32(51-34-28(40)24(38(11)12)15-19(3)47-34)21(5)29(22(6)33(43)49-25)50-26-17-36(9,46-13)31(42)23(7)48-26;2-1-3/h18-26,28-32,34,40-42,44-45H,14-17H2,1-13H3;3H/p-1/t18-,19+,20?,21?,22+,23-,24-,25+,26-,28+,29+,30+,31-,32-,34-,35+,36+,37-;/m0./s1. The Morgan fingerprint density at radius 3 is 2.04 bits per heavy atom. The molecule has 0 spiro atoms. The molecule has 0 bridgehead atoms. The van der Waals surface area contributed by atoms with E-state index in [9.17, 15) is 35.1 Å². The second kappa shape index (κ2) is 19.7. The Kier molecular flexibility index (Phi) is 17.7. The zero-order valence-corrected chi connectivity index (χ0v) is 35.1. The molecule has 0 aliphatic carbocycles. The highest BCUT2D eigenvalue weighted by atomic mass is 32.1. The summed E-state index contributed by atoms with van der Waals surface area (Å²) in [5.41, 5.74) is -4.84. The van der Waals surface area contributed by atoms with Crippen LogP contribution in [-0.2, 0) is 50.6 Å². The molecule has 3 saturated heterocycles. The van der Waals surface area contributed by atoms with Crippen LogP contribution in [-0.4, -0.2) is 148 Å². The number of thiocyanates is 1. The molecule has 3 heterocycles.